The van der Waals surface area contributed by atoms with Crippen molar-refractivity contribution in [1.29, 1.82) is 0 Å². The summed E-state index contributed by atoms with van der Waals surface area (Å²) in [6, 6.07) is 8.66. The van der Waals surface area contributed by atoms with Crippen LogP contribution in [0.4, 0.5) is 10.5 Å². The van der Waals surface area contributed by atoms with Crippen LogP contribution in [0.25, 0.3) is 0 Å². The molecular weight excluding hydrogens is 271 g/mol. The summed E-state index contributed by atoms with van der Waals surface area (Å²) in [7, 11) is -1.09. The third-order valence-corrected chi connectivity index (χ3v) is 3.34. The van der Waals surface area contributed by atoms with E-state index in [0.29, 0.717) is 24.9 Å². The van der Waals surface area contributed by atoms with E-state index >= 15 is 0 Å². The Bertz CT molecular complexity index is 497. The molecule has 1 aliphatic heterocycles. The van der Waals surface area contributed by atoms with Gasteiger partial charge in [-0.25, -0.2) is 4.79 Å². The Morgan fingerprint density at radius 3 is 2.67 bits per heavy atom. The van der Waals surface area contributed by atoms with Crippen LogP contribution in [0.1, 0.15) is 26.2 Å². The molecule has 2 amide bonds. The molecule has 1 aromatic carbocycles. The fourth-order valence-electron chi connectivity index (χ4n) is 2.34. The van der Waals surface area contributed by atoms with Crippen molar-refractivity contribution in [2.24, 2.45) is 0 Å². The first-order valence-corrected chi connectivity index (χ1v) is 7.00. The number of nitrogens with one attached hydrogen (secondary N) is 2. The van der Waals surface area contributed by atoms with E-state index in [2.05, 4.69) is 10.6 Å². The number of carbonyl (C=O) groups excluding carboxylic acids is 2. The SMILES string of the molecule is CC(=O)C[C@@H]1CC[C@H](NC(=O)Nc2ccccc2)B(O)O1. The lowest BCUT2D eigenvalue weighted by Crippen LogP contribution is -2.53. The minimum Gasteiger partial charge on any atom is -0.426 e. The van der Waals surface area contributed by atoms with Crippen molar-refractivity contribution in [3.05, 3.63) is 30.3 Å². The van der Waals surface area contributed by atoms with Crippen molar-refractivity contribution in [2.45, 2.75) is 38.2 Å². The highest BCUT2D eigenvalue weighted by Gasteiger charge is 2.36. The average Bonchev–Trinajstić information content (AvgIpc) is 2.42. The highest BCUT2D eigenvalue weighted by molar-refractivity contribution is 6.45. The minimum atomic E-state index is -1.09. The molecule has 6 nitrogen and oxygen atoms in total. The minimum absolute atomic E-state index is 0.0282. The first-order valence-electron chi connectivity index (χ1n) is 7.00. The standard InChI is InChI=1S/C14H19BN2O4/c1-10(18)9-12-7-8-13(15(20)21-12)17-14(19)16-11-5-3-2-4-6-11/h2-6,12-13,20H,7-9H2,1H3,(H2,16,17,19)/t12-,13-/m0/s1. The summed E-state index contributed by atoms with van der Waals surface area (Å²) < 4.78 is 5.35. The number of ketones is 1. The van der Waals surface area contributed by atoms with Crippen LogP contribution < -0.4 is 10.6 Å². The van der Waals surface area contributed by atoms with Crippen LogP contribution in [0.2, 0.25) is 0 Å². The maximum absolute atomic E-state index is 11.8. The van der Waals surface area contributed by atoms with Crippen LogP contribution >= 0.6 is 0 Å². The van der Waals surface area contributed by atoms with E-state index in [4.69, 9.17) is 4.65 Å². The van der Waals surface area contributed by atoms with Gasteiger partial charge in [-0.1, -0.05) is 18.2 Å². The molecule has 0 aliphatic carbocycles. The van der Waals surface area contributed by atoms with E-state index in [1.807, 2.05) is 18.2 Å². The third-order valence-electron chi connectivity index (χ3n) is 3.34. The fourth-order valence-corrected chi connectivity index (χ4v) is 2.34. The lowest BCUT2D eigenvalue weighted by Gasteiger charge is -2.31. The first kappa shape index (κ1) is 15.5. The maximum atomic E-state index is 11.8. The summed E-state index contributed by atoms with van der Waals surface area (Å²) in [4.78, 5) is 22.9. The van der Waals surface area contributed by atoms with E-state index in [1.54, 1.807) is 12.1 Å². The molecular formula is C14H19BN2O4. The smallest absolute Gasteiger partial charge is 0.426 e. The van der Waals surface area contributed by atoms with E-state index in [-0.39, 0.29) is 17.9 Å². The Kier molecular flexibility index (Phi) is 5.35. The Labute approximate surface area is 124 Å². The predicted molar refractivity (Wildman–Crippen MR) is 79.8 cm³/mol. The number of benzene rings is 1. The Morgan fingerprint density at radius 2 is 2.05 bits per heavy atom. The molecule has 0 spiro atoms. The molecule has 0 saturated carbocycles. The molecule has 0 unspecified atom stereocenters. The van der Waals surface area contributed by atoms with Crippen LogP contribution in [-0.4, -0.2) is 36.0 Å². The lowest BCUT2D eigenvalue weighted by atomic mass is 9.72. The average molecular weight is 290 g/mol. The largest absolute Gasteiger partial charge is 0.478 e. The summed E-state index contributed by atoms with van der Waals surface area (Å²) in [5, 5.41) is 15.3. The van der Waals surface area contributed by atoms with Gasteiger partial charge >= 0.3 is 13.1 Å². The summed E-state index contributed by atoms with van der Waals surface area (Å²) in [6.45, 7) is 1.49. The lowest BCUT2D eigenvalue weighted by molar-refractivity contribution is -0.118. The maximum Gasteiger partial charge on any atom is 0.478 e. The Balaban J connectivity index is 1.81. The van der Waals surface area contributed by atoms with Crippen molar-refractivity contribution in [3.8, 4) is 0 Å². The normalized spacial score (nSPS) is 21.7. The first-order chi connectivity index (χ1) is 10.0. The monoisotopic (exact) mass is 290 g/mol. The van der Waals surface area contributed by atoms with Crippen LogP contribution in [0, 0.1) is 0 Å². The number of hydrogen-bond acceptors (Lipinski definition) is 4. The van der Waals surface area contributed by atoms with E-state index in [9.17, 15) is 14.6 Å². The summed E-state index contributed by atoms with van der Waals surface area (Å²) in [5.41, 5.74) is 0.677. The van der Waals surface area contributed by atoms with Crippen LogP contribution in [0.3, 0.4) is 0 Å². The van der Waals surface area contributed by atoms with Crippen LogP contribution in [0.5, 0.6) is 0 Å². The van der Waals surface area contributed by atoms with Gasteiger partial charge in [0.05, 0.1) is 5.94 Å². The van der Waals surface area contributed by atoms with Gasteiger partial charge in [-0.15, -0.1) is 0 Å². The number of carbonyl (C=O) groups is 2. The Morgan fingerprint density at radius 1 is 1.33 bits per heavy atom. The second-order valence-corrected chi connectivity index (χ2v) is 5.20. The number of urea groups is 1. The zero-order valence-corrected chi connectivity index (χ0v) is 11.9. The molecule has 112 valence electrons. The molecule has 1 fully saturated rings. The van der Waals surface area contributed by atoms with Crippen molar-refractivity contribution >= 4 is 24.6 Å². The molecule has 1 saturated heterocycles. The topological polar surface area (TPSA) is 87.7 Å². The fraction of sp³-hybridized carbons (Fsp3) is 0.429. The van der Waals surface area contributed by atoms with Crippen LogP contribution in [-0.2, 0) is 9.45 Å². The van der Waals surface area contributed by atoms with E-state index < -0.39 is 13.1 Å². The molecule has 3 N–H and O–H groups in total. The van der Waals surface area contributed by atoms with Gasteiger partial charge in [0.2, 0.25) is 0 Å². The van der Waals surface area contributed by atoms with E-state index in [1.165, 1.54) is 6.92 Å². The third kappa shape index (κ3) is 4.88. The summed E-state index contributed by atoms with van der Waals surface area (Å²) in [6.07, 6.45) is 1.22. The van der Waals surface area contributed by atoms with Gasteiger partial charge in [0.15, 0.2) is 0 Å². The predicted octanol–water partition coefficient (Wildman–Crippen LogP) is 1.35. The second kappa shape index (κ2) is 7.24. The molecule has 1 heterocycles. The molecule has 21 heavy (non-hydrogen) atoms. The summed E-state index contributed by atoms with van der Waals surface area (Å²) >= 11 is 0. The van der Waals surface area contributed by atoms with Gasteiger partial charge in [0, 0.05) is 18.2 Å². The summed E-state index contributed by atoms with van der Waals surface area (Å²) in [5.74, 6) is -0.447. The number of anilines is 1. The van der Waals surface area contributed by atoms with Crippen LogP contribution in [0.15, 0.2) is 30.3 Å². The van der Waals surface area contributed by atoms with E-state index in [0.717, 1.165) is 0 Å². The van der Waals surface area contributed by atoms with Crippen molar-refractivity contribution < 1.29 is 19.3 Å². The highest BCUT2D eigenvalue weighted by atomic mass is 16.5. The van der Waals surface area contributed by atoms with Gasteiger partial charge in [0.25, 0.3) is 0 Å². The van der Waals surface area contributed by atoms with Gasteiger partial charge in [-0.05, 0) is 31.9 Å². The van der Waals surface area contributed by atoms with Crippen molar-refractivity contribution in [1.82, 2.24) is 5.32 Å². The number of rotatable bonds is 4. The molecule has 0 aromatic heterocycles. The molecule has 2 rings (SSSR count). The Hall–Kier alpha value is -1.86. The molecule has 1 aliphatic rings. The molecule has 2 atom stereocenters. The number of amides is 2. The van der Waals surface area contributed by atoms with Gasteiger partial charge < -0.3 is 20.3 Å². The van der Waals surface area contributed by atoms with Gasteiger partial charge in [-0.3, -0.25) is 4.79 Å². The quantitative estimate of drug-likeness (QED) is 0.730. The number of hydrogen-bond donors (Lipinski definition) is 3. The molecule has 0 bridgehead atoms. The number of Topliss-reactive ketones (excluding diaryl/α,β-unsaturated/α-hetero) is 1. The molecule has 1 aromatic rings. The zero-order valence-electron chi connectivity index (χ0n) is 11.9. The molecule has 7 heteroatoms. The zero-order chi connectivity index (χ0) is 15.2. The van der Waals surface area contributed by atoms with Crippen molar-refractivity contribution in [2.75, 3.05) is 5.32 Å². The van der Waals surface area contributed by atoms with Crippen molar-refractivity contribution in [3.63, 3.8) is 0 Å². The van der Waals surface area contributed by atoms with Gasteiger partial charge in [-0.2, -0.15) is 0 Å². The number of para-hydroxylation sites is 1. The highest BCUT2D eigenvalue weighted by Crippen LogP contribution is 2.19. The second-order valence-electron chi connectivity index (χ2n) is 5.20. The van der Waals surface area contributed by atoms with Gasteiger partial charge in [0.1, 0.15) is 5.78 Å². The molecule has 0 radical (unpaired) electrons.